The van der Waals surface area contributed by atoms with Crippen molar-refractivity contribution in [3.8, 4) is 0 Å². The monoisotopic (exact) mass is 168 g/mol. The smallest absolute Gasteiger partial charge is 0.163 e. The van der Waals surface area contributed by atoms with Gasteiger partial charge in [0.1, 0.15) is 0 Å². The Morgan fingerprint density at radius 2 is 1.82 bits per heavy atom. The Bertz CT molecular complexity index is 281. The summed E-state index contributed by atoms with van der Waals surface area (Å²) in [4.78, 5) is 11.1. The van der Waals surface area contributed by atoms with Crippen LogP contribution in [-0.2, 0) is 6.42 Å². The molecule has 0 radical (unpaired) electrons. The van der Waals surface area contributed by atoms with E-state index in [-0.39, 0.29) is 12.4 Å². The van der Waals surface area contributed by atoms with E-state index < -0.39 is 0 Å². The molecule has 1 aliphatic carbocycles. The van der Waals surface area contributed by atoms with Gasteiger partial charge in [0.05, 0.1) is 0 Å². The molecule has 0 atom stereocenters. The molecular formula is C9H9ClO. The molecule has 0 bridgehead atoms. The van der Waals surface area contributed by atoms with Crippen LogP contribution in [0, 0.1) is 0 Å². The van der Waals surface area contributed by atoms with E-state index >= 15 is 0 Å². The number of carbonyl (C=O) groups is 1. The summed E-state index contributed by atoms with van der Waals surface area (Å²) in [6.45, 7) is 0. The number of halogens is 1. The topological polar surface area (TPSA) is 17.1 Å². The van der Waals surface area contributed by atoms with Crippen molar-refractivity contribution in [3.63, 3.8) is 0 Å². The van der Waals surface area contributed by atoms with E-state index in [1.807, 2.05) is 24.3 Å². The van der Waals surface area contributed by atoms with Gasteiger partial charge in [-0.1, -0.05) is 24.3 Å². The Labute approximate surface area is 71.8 Å². The minimum atomic E-state index is 0. The normalized spacial score (nSPS) is 14.0. The van der Waals surface area contributed by atoms with E-state index in [4.69, 9.17) is 0 Å². The maximum atomic E-state index is 11.1. The van der Waals surface area contributed by atoms with Gasteiger partial charge in [-0.2, -0.15) is 0 Å². The standard InChI is InChI=1S/C9H8O.ClH/c10-9-6-5-7-3-1-2-4-8(7)9;/h1-4H,5-6H2;1H. The number of ketones is 1. The largest absolute Gasteiger partial charge is 0.294 e. The zero-order chi connectivity index (χ0) is 6.97. The minimum absolute atomic E-state index is 0. The highest BCUT2D eigenvalue weighted by Gasteiger charge is 2.17. The molecule has 2 rings (SSSR count). The average molecular weight is 169 g/mol. The van der Waals surface area contributed by atoms with Crippen LogP contribution in [0.1, 0.15) is 22.3 Å². The number of carbonyl (C=O) groups excluding carboxylic acids is 1. The van der Waals surface area contributed by atoms with Gasteiger partial charge in [-0.05, 0) is 12.0 Å². The molecule has 1 aliphatic rings. The van der Waals surface area contributed by atoms with Gasteiger partial charge in [0.15, 0.2) is 5.78 Å². The number of aryl methyl sites for hydroxylation is 1. The second-order valence-electron chi connectivity index (χ2n) is 2.58. The first-order chi connectivity index (χ1) is 4.88. The van der Waals surface area contributed by atoms with Crippen LogP contribution in [0.4, 0.5) is 0 Å². The van der Waals surface area contributed by atoms with Crippen LogP contribution in [0.5, 0.6) is 0 Å². The van der Waals surface area contributed by atoms with Gasteiger partial charge in [0.2, 0.25) is 0 Å². The van der Waals surface area contributed by atoms with Gasteiger partial charge in [-0.25, -0.2) is 0 Å². The second-order valence-corrected chi connectivity index (χ2v) is 2.58. The maximum absolute atomic E-state index is 11.1. The molecular weight excluding hydrogens is 160 g/mol. The Kier molecular flexibility index (Phi) is 2.30. The van der Waals surface area contributed by atoms with E-state index in [1.54, 1.807) is 0 Å². The van der Waals surface area contributed by atoms with Crippen LogP contribution < -0.4 is 0 Å². The van der Waals surface area contributed by atoms with Gasteiger partial charge in [-0.3, -0.25) is 4.79 Å². The van der Waals surface area contributed by atoms with Crippen molar-refractivity contribution in [2.45, 2.75) is 12.8 Å². The third kappa shape index (κ3) is 1.29. The van der Waals surface area contributed by atoms with Crippen molar-refractivity contribution in [2.75, 3.05) is 0 Å². The van der Waals surface area contributed by atoms with Gasteiger partial charge < -0.3 is 0 Å². The molecule has 0 amide bonds. The van der Waals surface area contributed by atoms with Crippen molar-refractivity contribution >= 4 is 18.2 Å². The fraction of sp³-hybridized carbons (Fsp3) is 0.222. The second kappa shape index (κ2) is 3.05. The number of rotatable bonds is 0. The third-order valence-electron chi connectivity index (χ3n) is 1.94. The van der Waals surface area contributed by atoms with Crippen molar-refractivity contribution in [3.05, 3.63) is 35.4 Å². The Morgan fingerprint density at radius 1 is 1.09 bits per heavy atom. The summed E-state index contributed by atoms with van der Waals surface area (Å²) in [6, 6.07) is 7.84. The number of Topliss-reactive ketones (excluding diaryl/α,β-unsaturated/α-hetero) is 1. The third-order valence-corrected chi connectivity index (χ3v) is 1.94. The molecule has 0 fully saturated rings. The molecule has 0 saturated heterocycles. The zero-order valence-electron chi connectivity index (χ0n) is 6.04. The maximum Gasteiger partial charge on any atom is 0.163 e. The van der Waals surface area contributed by atoms with Gasteiger partial charge >= 0.3 is 0 Å². The number of fused-ring (bicyclic) bond motifs is 1. The average Bonchev–Trinajstić information content (AvgIpc) is 2.34. The molecule has 0 aliphatic heterocycles. The molecule has 1 aromatic rings. The van der Waals surface area contributed by atoms with E-state index in [0.29, 0.717) is 12.2 Å². The van der Waals surface area contributed by atoms with E-state index in [2.05, 4.69) is 0 Å². The molecule has 11 heavy (non-hydrogen) atoms. The lowest BCUT2D eigenvalue weighted by Crippen LogP contribution is -1.88. The summed E-state index contributed by atoms with van der Waals surface area (Å²) in [5, 5.41) is 0. The SMILES string of the molecule is Cl.O=C1CCc2ccccc21. The number of hydrogen-bond acceptors (Lipinski definition) is 1. The Balaban J connectivity index is 0.000000605. The van der Waals surface area contributed by atoms with Gasteiger partial charge in [0.25, 0.3) is 0 Å². The fourth-order valence-electron chi connectivity index (χ4n) is 1.39. The molecule has 1 aromatic carbocycles. The van der Waals surface area contributed by atoms with E-state index in [0.717, 1.165) is 12.0 Å². The predicted molar refractivity (Wildman–Crippen MR) is 46.3 cm³/mol. The first-order valence-electron chi connectivity index (χ1n) is 3.49. The molecule has 2 heteroatoms. The molecule has 0 spiro atoms. The van der Waals surface area contributed by atoms with Crippen LogP contribution >= 0.6 is 12.4 Å². The highest BCUT2D eigenvalue weighted by Crippen LogP contribution is 2.20. The van der Waals surface area contributed by atoms with Crippen LogP contribution in [0.25, 0.3) is 0 Å². The quantitative estimate of drug-likeness (QED) is 0.581. The molecule has 0 N–H and O–H groups in total. The zero-order valence-corrected chi connectivity index (χ0v) is 6.86. The van der Waals surface area contributed by atoms with Crippen molar-refractivity contribution < 1.29 is 4.79 Å². The van der Waals surface area contributed by atoms with Crippen LogP contribution in [0.2, 0.25) is 0 Å². The summed E-state index contributed by atoms with van der Waals surface area (Å²) in [6.07, 6.45) is 1.65. The molecule has 0 unspecified atom stereocenters. The molecule has 0 heterocycles. The van der Waals surface area contributed by atoms with Crippen molar-refractivity contribution in [1.82, 2.24) is 0 Å². The fourth-order valence-corrected chi connectivity index (χ4v) is 1.39. The number of benzene rings is 1. The Hall–Kier alpha value is -0.820. The summed E-state index contributed by atoms with van der Waals surface area (Å²) < 4.78 is 0. The lowest BCUT2D eigenvalue weighted by atomic mass is 10.1. The van der Waals surface area contributed by atoms with Crippen LogP contribution in [0.15, 0.2) is 24.3 Å². The molecule has 0 aromatic heterocycles. The summed E-state index contributed by atoms with van der Waals surface area (Å²) >= 11 is 0. The summed E-state index contributed by atoms with van der Waals surface area (Å²) in [5.74, 6) is 0.301. The van der Waals surface area contributed by atoms with Crippen LogP contribution in [-0.4, -0.2) is 5.78 Å². The first-order valence-corrected chi connectivity index (χ1v) is 3.49. The van der Waals surface area contributed by atoms with Gasteiger partial charge in [0, 0.05) is 12.0 Å². The first kappa shape index (κ1) is 8.28. The van der Waals surface area contributed by atoms with Crippen molar-refractivity contribution in [2.24, 2.45) is 0 Å². The summed E-state index contributed by atoms with van der Waals surface area (Å²) in [7, 11) is 0. The van der Waals surface area contributed by atoms with E-state index in [1.165, 1.54) is 5.56 Å². The predicted octanol–water partition coefficient (Wildman–Crippen LogP) is 2.24. The van der Waals surface area contributed by atoms with Gasteiger partial charge in [-0.15, -0.1) is 12.4 Å². The lowest BCUT2D eigenvalue weighted by molar-refractivity contribution is 0.0994. The molecule has 1 nitrogen and oxygen atoms in total. The molecule has 0 saturated carbocycles. The highest BCUT2D eigenvalue weighted by atomic mass is 35.5. The lowest BCUT2D eigenvalue weighted by Gasteiger charge is -1.92. The number of hydrogen-bond donors (Lipinski definition) is 0. The van der Waals surface area contributed by atoms with Crippen molar-refractivity contribution in [1.29, 1.82) is 0 Å². The van der Waals surface area contributed by atoms with Crippen LogP contribution in [0.3, 0.4) is 0 Å². The summed E-state index contributed by atoms with van der Waals surface area (Å²) in [5.41, 5.74) is 2.15. The minimum Gasteiger partial charge on any atom is -0.294 e. The van der Waals surface area contributed by atoms with E-state index in [9.17, 15) is 4.79 Å². The highest BCUT2D eigenvalue weighted by molar-refractivity contribution is 6.00. The molecule has 58 valence electrons. The Morgan fingerprint density at radius 3 is 2.55 bits per heavy atom.